The van der Waals surface area contributed by atoms with Gasteiger partial charge in [-0.3, -0.25) is 0 Å². The molecule has 0 bridgehead atoms. The minimum Gasteiger partial charge on any atom is -0.748 e. The third-order valence-corrected chi connectivity index (χ3v) is 2.86. The van der Waals surface area contributed by atoms with Crippen molar-refractivity contribution < 1.29 is 64.4 Å². The first-order valence-electron chi connectivity index (χ1n) is 4.43. The molecule has 0 fully saturated rings. The zero-order valence-corrected chi connectivity index (χ0v) is 12.7. The molecule has 74 valence electrons. The summed E-state index contributed by atoms with van der Waals surface area (Å²) in [6.07, 6.45) is 3.69. The first-order valence-corrected chi connectivity index (χ1v) is 6.00. The predicted molar refractivity (Wildman–Crippen MR) is 47.9 cm³/mol. The first kappa shape index (κ1) is 17.0. The van der Waals surface area contributed by atoms with Crippen molar-refractivity contribution in [2.75, 3.05) is 5.75 Å². The molecule has 0 amide bonds. The van der Waals surface area contributed by atoms with Gasteiger partial charge in [0.05, 0.1) is 10.1 Å². The van der Waals surface area contributed by atoms with Crippen LogP contribution in [-0.2, 0) is 10.1 Å². The van der Waals surface area contributed by atoms with E-state index in [2.05, 4.69) is 6.92 Å². The summed E-state index contributed by atoms with van der Waals surface area (Å²) in [5.41, 5.74) is 0. The molecule has 0 heterocycles. The second kappa shape index (κ2) is 8.82. The van der Waals surface area contributed by atoms with E-state index in [1.54, 1.807) is 0 Å². The van der Waals surface area contributed by atoms with Crippen molar-refractivity contribution in [3.05, 3.63) is 0 Å². The van der Waals surface area contributed by atoms with Gasteiger partial charge in [0.15, 0.2) is 0 Å². The maximum absolute atomic E-state index is 10.4. The molecule has 3 nitrogen and oxygen atoms in total. The molecule has 0 radical (unpaired) electrons. The van der Waals surface area contributed by atoms with Gasteiger partial charge in [0, 0.05) is 5.75 Å². The summed E-state index contributed by atoms with van der Waals surface area (Å²) < 4.78 is 31.2. The smallest absolute Gasteiger partial charge is 0.748 e. The Morgan fingerprint density at radius 3 is 2.15 bits per heavy atom. The molecular weight excluding hydrogens is 215 g/mol. The largest absolute Gasteiger partial charge is 1.00 e. The fourth-order valence-corrected chi connectivity index (χ4v) is 2.17. The Morgan fingerprint density at radius 2 is 1.85 bits per heavy atom. The van der Waals surface area contributed by atoms with Crippen LogP contribution in [0.25, 0.3) is 0 Å². The second-order valence-corrected chi connectivity index (χ2v) is 4.59. The van der Waals surface area contributed by atoms with Gasteiger partial charge < -0.3 is 4.55 Å². The zero-order chi connectivity index (χ0) is 9.61. The third kappa shape index (κ3) is 11.5. The number of unbranched alkanes of at least 4 members (excludes halogenated alkanes) is 1. The minimum atomic E-state index is -4.02. The molecule has 0 saturated heterocycles. The first-order chi connectivity index (χ1) is 5.49. The molecule has 0 aromatic carbocycles. The summed E-state index contributed by atoms with van der Waals surface area (Å²) >= 11 is 0. The van der Waals surface area contributed by atoms with Crippen molar-refractivity contribution in [3.63, 3.8) is 0 Å². The van der Waals surface area contributed by atoms with Crippen molar-refractivity contribution >= 4 is 10.1 Å². The Morgan fingerprint density at radius 1 is 1.31 bits per heavy atom. The second-order valence-electron chi connectivity index (χ2n) is 3.14. The Hall–Kier alpha value is 1.55. The molecule has 0 aliphatic heterocycles. The van der Waals surface area contributed by atoms with E-state index < -0.39 is 10.1 Å². The SMILES string of the molecule is CCCCC(CC)CS(=O)(=O)[O-].[K+]. The third-order valence-electron chi connectivity index (χ3n) is 1.98. The normalized spacial score (nSPS) is 13.5. The summed E-state index contributed by atoms with van der Waals surface area (Å²) in [6, 6.07) is 0. The summed E-state index contributed by atoms with van der Waals surface area (Å²) in [5.74, 6) is -0.129. The van der Waals surface area contributed by atoms with Crippen molar-refractivity contribution in [1.82, 2.24) is 0 Å². The Kier molecular flexibility index (Phi) is 11.5. The zero-order valence-electron chi connectivity index (χ0n) is 8.75. The molecule has 0 aromatic rings. The average Bonchev–Trinajstić information content (AvgIpc) is 1.95. The molecule has 13 heavy (non-hydrogen) atoms. The van der Waals surface area contributed by atoms with Crippen LogP contribution in [0, 0.1) is 5.92 Å². The average molecular weight is 232 g/mol. The van der Waals surface area contributed by atoms with Crippen LogP contribution in [0.5, 0.6) is 0 Å². The molecule has 0 aliphatic rings. The van der Waals surface area contributed by atoms with E-state index in [1.165, 1.54) is 0 Å². The van der Waals surface area contributed by atoms with Crippen LogP contribution in [0.3, 0.4) is 0 Å². The molecule has 0 saturated carbocycles. The van der Waals surface area contributed by atoms with Gasteiger partial charge in [0.2, 0.25) is 0 Å². The summed E-state index contributed by atoms with van der Waals surface area (Å²) in [6.45, 7) is 3.98. The maximum atomic E-state index is 10.4. The van der Waals surface area contributed by atoms with Crippen LogP contribution in [0.4, 0.5) is 0 Å². The van der Waals surface area contributed by atoms with Crippen molar-refractivity contribution in [2.45, 2.75) is 39.5 Å². The van der Waals surface area contributed by atoms with E-state index in [-0.39, 0.29) is 63.1 Å². The standard InChI is InChI=1S/C8H18O3S.K/c1-3-5-6-8(4-2)7-12(9,10)11;/h8H,3-7H2,1-2H3,(H,9,10,11);/q;+1/p-1. The molecule has 5 heteroatoms. The number of hydrogen-bond donors (Lipinski definition) is 0. The van der Waals surface area contributed by atoms with Crippen LogP contribution in [0.2, 0.25) is 0 Å². The van der Waals surface area contributed by atoms with Gasteiger partial charge in [-0.25, -0.2) is 8.42 Å². The van der Waals surface area contributed by atoms with Gasteiger partial charge in [-0.15, -0.1) is 0 Å². The van der Waals surface area contributed by atoms with Gasteiger partial charge in [0.25, 0.3) is 0 Å². The fraction of sp³-hybridized carbons (Fsp3) is 1.00. The van der Waals surface area contributed by atoms with Crippen LogP contribution in [0.1, 0.15) is 39.5 Å². The molecule has 0 spiro atoms. The maximum Gasteiger partial charge on any atom is 1.00 e. The van der Waals surface area contributed by atoms with Gasteiger partial charge >= 0.3 is 51.4 Å². The van der Waals surface area contributed by atoms with Crippen LogP contribution in [-0.4, -0.2) is 18.7 Å². The molecule has 0 rings (SSSR count). The van der Waals surface area contributed by atoms with E-state index in [0.29, 0.717) is 0 Å². The molecule has 0 aliphatic carbocycles. The molecule has 0 N–H and O–H groups in total. The van der Waals surface area contributed by atoms with Crippen LogP contribution in [0.15, 0.2) is 0 Å². The molecule has 1 unspecified atom stereocenters. The van der Waals surface area contributed by atoms with Crippen LogP contribution >= 0.6 is 0 Å². The summed E-state index contributed by atoms with van der Waals surface area (Å²) in [7, 11) is -4.02. The number of hydrogen-bond acceptors (Lipinski definition) is 3. The summed E-state index contributed by atoms with van der Waals surface area (Å²) in [5, 5.41) is 0. The van der Waals surface area contributed by atoms with Crippen molar-refractivity contribution in [2.24, 2.45) is 5.92 Å². The van der Waals surface area contributed by atoms with Gasteiger partial charge in [-0.1, -0.05) is 33.1 Å². The Balaban J connectivity index is 0. The molecule has 1 atom stereocenters. The van der Waals surface area contributed by atoms with E-state index in [4.69, 9.17) is 0 Å². The van der Waals surface area contributed by atoms with E-state index in [1.807, 2.05) is 6.92 Å². The van der Waals surface area contributed by atoms with Gasteiger partial charge in [-0.05, 0) is 12.3 Å². The fourth-order valence-electron chi connectivity index (χ4n) is 1.19. The predicted octanol–water partition coefficient (Wildman–Crippen LogP) is -1.25. The Labute approximate surface area is 124 Å². The van der Waals surface area contributed by atoms with Crippen molar-refractivity contribution in [3.8, 4) is 0 Å². The Bertz CT molecular complexity index is 201. The van der Waals surface area contributed by atoms with E-state index in [0.717, 1.165) is 25.7 Å². The van der Waals surface area contributed by atoms with Gasteiger partial charge in [0.1, 0.15) is 0 Å². The van der Waals surface area contributed by atoms with E-state index >= 15 is 0 Å². The topological polar surface area (TPSA) is 57.2 Å². The number of rotatable bonds is 6. The van der Waals surface area contributed by atoms with Crippen LogP contribution < -0.4 is 51.4 Å². The molecule has 0 aromatic heterocycles. The molecular formula is C8H17KO3S. The van der Waals surface area contributed by atoms with Crippen molar-refractivity contribution in [1.29, 1.82) is 0 Å². The minimum absolute atomic E-state index is 0. The van der Waals surface area contributed by atoms with E-state index in [9.17, 15) is 13.0 Å². The summed E-state index contributed by atoms with van der Waals surface area (Å²) in [4.78, 5) is 0. The van der Waals surface area contributed by atoms with Gasteiger partial charge in [-0.2, -0.15) is 0 Å². The monoisotopic (exact) mass is 232 g/mol. The quantitative estimate of drug-likeness (QED) is 0.425.